The highest BCUT2D eigenvalue weighted by Crippen LogP contribution is 2.08. The SMILES string of the molecule is CCOCCCNC(=NCCCOc1ccccc1)NN. The highest BCUT2D eigenvalue weighted by molar-refractivity contribution is 5.79. The molecular weight excluding hydrogens is 268 g/mol. The Morgan fingerprint density at radius 3 is 2.71 bits per heavy atom. The zero-order chi connectivity index (χ0) is 15.2. The molecule has 0 aliphatic heterocycles. The molecule has 0 spiro atoms. The van der Waals surface area contributed by atoms with Gasteiger partial charge in [-0.15, -0.1) is 0 Å². The van der Waals surface area contributed by atoms with Crippen LogP contribution in [0.4, 0.5) is 0 Å². The number of rotatable bonds is 10. The van der Waals surface area contributed by atoms with Gasteiger partial charge in [0.2, 0.25) is 5.96 Å². The molecule has 0 bridgehead atoms. The Labute approximate surface area is 126 Å². The van der Waals surface area contributed by atoms with E-state index in [0.717, 1.165) is 38.3 Å². The normalized spacial score (nSPS) is 11.2. The van der Waals surface area contributed by atoms with Gasteiger partial charge in [0, 0.05) is 32.7 Å². The summed E-state index contributed by atoms with van der Waals surface area (Å²) in [6.45, 7) is 5.55. The summed E-state index contributed by atoms with van der Waals surface area (Å²) in [4.78, 5) is 4.34. The zero-order valence-corrected chi connectivity index (χ0v) is 12.7. The van der Waals surface area contributed by atoms with Crippen LogP contribution < -0.4 is 21.3 Å². The van der Waals surface area contributed by atoms with Crippen molar-refractivity contribution in [2.24, 2.45) is 10.8 Å². The summed E-state index contributed by atoms with van der Waals surface area (Å²) < 4.78 is 10.8. The molecule has 0 atom stereocenters. The lowest BCUT2D eigenvalue weighted by Gasteiger charge is -2.09. The van der Waals surface area contributed by atoms with Crippen molar-refractivity contribution >= 4 is 5.96 Å². The maximum atomic E-state index is 5.59. The lowest BCUT2D eigenvalue weighted by atomic mass is 10.3. The maximum absolute atomic E-state index is 5.59. The van der Waals surface area contributed by atoms with E-state index >= 15 is 0 Å². The molecule has 0 unspecified atom stereocenters. The molecule has 1 aromatic carbocycles. The number of guanidine groups is 1. The van der Waals surface area contributed by atoms with E-state index < -0.39 is 0 Å². The van der Waals surface area contributed by atoms with Crippen LogP contribution in [0.25, 0.3) is 0 Å². The number of benzene rings is 1. The van der Waals surface area contributed by atoms with Crippen molar-refractivity contribution in [3.05, 3.63) is 30.3 Å². The van der Waals surface area contributed by atoms with Gasteiger partial charge >= 0.3 is 0 Å². The minimum absolute atomic E-state index is 0.603. The monoisotopic (exact) mass is 294 g/mol. The van der Waals surface area contributed by atoms with Gasteiger partial charge in [0.1, 0.15) is 5.75 Å². The van der Waals surface area contributed by atoms with Gasteiger partial charge in [-0.1, -0.05) is 18.2 Å². The summed E-state index contributed by atoms with van der Waals surface area (Å²) in [6.07, 6.45) is 1.76. The van der Waals surface area contributed by atoms with Crippen LogP contribution in [0.3, 0.4) is 0 Å². The predicted molar refractivity (Wildman–Crippen MR) is 85.3 cm³/mol. The van der Waals surface area contributed by atoms with Gasteiger partial charge in [0.25, 0.3) is 0 Å². The van der Waals surface area contributed by atoms with Gasteiger partial charge in [-0.2, -0.15) is 0 Å². The Morgan fingerprint density at radius 1 is 1.19 bits per heavy atom. The van der Waals surface area contributed by atoms with Gasteiger partial charge in [0.05, 0.1) is 6.61 Å². The van der Waals surface area contributed by atoms with E-state index in [4.69, 9.17) is 15.3 Å². The fourth-order valence-corrected chi connectivity index (χ4v) is 1.64. The molecule has 0 heterocycles. The predicted octanol–water partition coefficient (Wildman–Crippen LogP) is 1.29. The highest BCUT2D eigenvalue weighted by atomic mass is 16.5. The van der Waals surface area contributed by atoms with Crippen LogP contribution in [-0.2, 0) is 4.74 Å². The van der Waals surface area contributed by atoms with E-state index in [1.54, 1.807) is 0 Å². The summed E-state index contributed by atoms with van der Waals surface area (Å²) >= 11 is 0. The molecule has 6 heteroatoms. The molecule has 0 aromatic heterocycles. The van der Waals surface area contributed by atoms with Crippen molar-refractivity contribution in [1.29, 1.82) is 0 Å². The first-order valence-corrected chi connectivity index (χ1v) is 7.37. The Balaban J connectivity index is 2.09. The Morgan fingerprint density at radius 2 is 2.00 bits per heavy atom. The molecule has 0 radical (unpaired) electrons. The number of ether oxygens (including phenoxy) is 2. The van der Waals surface area contributed by atoms with Crippen molar-refractivity contribution in [1.82, 2.24) is 10.7 Å². The minimum Gasteiger partial charge on any atom is -0.494 e. The first-order chi connectivity index (χ1) is 10.4. The van der Waals surface area contributed by atoms with Crippen molar-refractivity contribution in [2.45, 2.75) is 19.8 Å². The lowest BCUT2D eigenvalue weighted by molar-refractivity contribution is 0.145. The first kappa shape index (κ1) is 17.3. The lowest BCUT2D eigenvalue weighted by Crippen LogP contribution is -2.42. The smallest absolute Gasteiger partial charge is 0.205 e. The molecule has 0 aliphatic carbocycles. The number of nitrogens with two attached hydrogens (primary N) is 1. The number of hydrogen-bond acceptors (Lipinski definition) is 4. The van der Waals surface area contributed by atoms with Gasteiger partial charge in [-0.05, 0) is 25.5 Å². The van der Waals surface area contributed by atoms with E-state index in [-0.39, 0.29) is 0 Å². The number of aliphatic imine (C=N–C) groups is 1. The highest BCUT2D eigenvalue weighted by Gasteiger charge is 1.96. The first-order valence-electron chi connectivity index (χ1n) is 7.37. The average Bonchev–Trinajstić information content (AvgIpc) is 2.53. The Bertz CT molecular complexity index is 385. The van der Waals surface area contributed by atoms with Crippen LogP contribution in [0.15, 0.2) is 35.3 Å². The second kappa shape index (κ2) is 12.0. The molecular formula is C15H26N4O2. The van der Waals surface area contributed by atoms with Crippen LogP contribution in [0.2, 0.25) is 0 Å². The van der Waals surface area contributed by atoms with E-state index in [2.05, 4.69) is 15.7 Å². The van der Waals surface area contributed by atoms with Gasteiger partial charge in [-0.3, -0.25) is 10.4 Å². The fourth-order valence-electron chi connectivity index (χ4n) is 1.64. The second-order valence-corrected chi connectivity index (χ2v) is 4.37. The molecule has 21 heavy (non-hydrogen) atoms. The van der Waals surface area contributed by atoms with Crippen LogP contribution >= 0.6 is 0 Å². The second-order valence-electron chi connectivity index (χ2n) is 4.37. The number of para-hydroxylation sites is 1. The van der Waals surface area contributed by atoms with E-state index in [1.807, 2.05) is 37.3 Å². The Kier molecular flexibility index (Phi) is 9.86. The summed E-state index contributed by atoms with van der Waals surface area (Å²) in [7, 11) is 0. The summed E-state index contributed by atoms with van der Waals surface area (Å²) in [6, 6.07) is 9.76. The molecule has 4 N–H and O–H groups in total. The van der Waals surface area contributed by atoms with Gasteiger partial charge in [0.15, 0.2) is 0 Å². The number of nitrogens with zero attached hydrogens (tertiary/aromatic N) is 1. The molecule has 0 amide bonds. The minimum atomic E-state index is 0.603. The fraction of sp³-hybridized carbons (Fsp3) is 0.533. The topological polar surface area (TPSA) is 80.9 Å². The summed E-state index contributed by atoms with van der Waals surface area (Å²) in [5.74, 6) is 6.90. The molecule has 118 valence electrons. The quantitative estimate of drug-likeness (QED) is 0.199. The molecule has 0 fully saturated rings. The standard InChI is InChI=1S/C15H26N4O2/c1-2-20-12-6-10-17-15(19-16)18-11-7-13-21-14-8-4-3-5-9-14/h3-5,8-9H,2,6-7,10-13,16H2,1H3,(H2,17,18,19). The van der Waals surface area contributed by atoms with Crippen LogP contribution in [0.1, 0.15) is 19.8 Å². The molecule has 0 saturated carbocycles. The van der Waals surface area contributed by atoms with Crippen molar-refractivity contribution in [3.8, 4) is 5.75 Å². The molecule has 0 saturated heterocycles. The van der Waals surface area contributed by atoms with Gasteiger partial charge in [-0.25, -0.2) is 5.84 Å². The summed E-state index contributed by atoms with van der Waals surface area (Å²) in [5, 5.41) is 3.13. The molecule has 1 rings (SSSR count). The third-order valence-electron chi connectivity index (χ3n) is 2.68. The van der Waals surface area contributed by atoms with Crippen molar-refractivity contribution in [2.75, 3.05) is 32.9 Å². The molecule has 1 aromatic rings. The largest absolute Gasteiger partial charge is 0.494 e. The maximum Gasteiger partial charge on any atom is 0.205 e. The van der Waals surface area contributed by atoms with E-state index in [1.165, 1.54) is 0 Å². The van der Waals surface area contributed by atoms with Crippen LogP contribution in [-0.4, -0.2) is 38.9 Å². The van der Waals surface area contributed by atoms with E-state index in [9.17, 15) is 0 Å². The van der Waals surface area contributed by atoms with E-state index in [0.29, 0.717) is 19.1 Å². The Hall–Kier alpha value is -1.79. The third kappa shape index (κ3) is 8.88. The van der Waals surface area contributed by atoms with Crippen LogP contribution in [0.5, 0.6) is 5.75 Å². The number of nitrogens with one attached hydrogen (secondary N) is 2. The van der Waals surface area contributed by atoms with Crippen molar-refractivity contribution < 1.29 is 9.47 Å². The zero-order valence-electron chi connectivity index (χ0n) is 12.7. The van der Waals surface area contributed by atoms with Crippen molar-refractivity contribution in [3.63, 3.8) is 0 Å². The third-order valence-corrected chi connectivity index (χ3v) is 2.68. The number of hydrazine groups is 1. The molecule has 0 aliphatic rings. The molecule has 6 nitrogen and oxygen atoms in total. The number of hydrogen-bond donors (Lipinski definition) is 3. The summed E-state index contributed by atoms with van der Waals surface area (Å²) in [5.41, 5.74) is 2.56. The van der Waals surface area contributed by atoms with Crippen LogP contribution in [0, 0.1) is 0 Å². The average molecular weight is 294 g/mol. The van der Waals surface area contributed by atoms with Gasteiger partial charge < -0.3 is 14.8 Å².